The Morgan fingerprint density at radius 2 is 1.93 bits per heavy atom. The quantitative estimate of drug-likeness (QED) is 0.554. The molecule has 148 valence electrons. The van der Waals surface area contributed by atoms with Crippen molar-refractivity contribution in [3.05, 3.63) is 53.4 Å². The van der Waals surface area contributed by atoms with Gasteiger partial charge in [0.15, 0.2) is 11.4 Å². The van der Waals surface area contributed by atoms with Crippen molar-refractivity contribution in [1.82, 2.24) is 19.7 Å². The first-order chi connectivity index (χ1) is 14.2. The van der Waals surface area contributed by atoms with E-state index in [0.717, 1.165) is 48.7 Å². The number of furan rings is 1. The summed E-state index contributed by atoms with van der Waals surface area (Å²) < 4.78 is 7.01. The van der Waals surface area contributed by atoms with Crippen LogP contribution in [0.25, 0.3) is 21.9 Å². The van der Waals surface area contributed by atoms with Crippen LogP contribution in [0.5, 0.6) is 0 Å². The molecule has 9 nitrogen and oxygen atoms in total. The number of aromatic nitrogens is 4. The van der Waals surface area contributed by atoms with E-state index >= 15 is 0 Å². The molecule has 0 spiro atoms. The fourth-order valence-electron chi connectivity index (χ4n) is 3.79. The van der Waals surface area contributed by atoms with E-state index in [0.29, 0.717) is 10.9 Å². The molecule has 1 saturated heterocycles. The number of hydrogen-bond acceptors (Lipinski definition) is 8. The van der Waals surface area contributed by atoms with Crippen LogP contribution >= 0.6 is 0 Å². The molecule has 0 saturated carbocycles. The lowest BCUT2D eigenvalue weighted by Crippen LogP contribution is -2.47. The second kappa shape index (κ2) is 7.17. The van der Waals surface area contributed by atoms with Gasteiger partial charge in [-0.15, -0.1) is 5.10 Å². The van der Waals surface area contributed by atoms with Gasteiger partial charge in [0.1, 0.15) is 0 Å². The topological polar surface area (TPSA) is 101 Å². The summed E-state index contributed by atoms with van der Waals surface area (Å²) in [6.07, 6.45) is 4.85. The maximum atomic E-state index is 12.5. The number of piperazine rings is 1. The minimum atomic E-state index is -0.134. The predicted molar refractivity (Wildman–Crippen MR) is 109 cm³/mol. The third-order valence-electron chi connectivity index (χ3n) is 5.34. The Labute approximate surface area is 165 Å². The molecule has 9 heteroatoms. The second-order valence-electron chi connectivity index (χ2n) is 7.02. The lowest BCUT2D eigenvalue weighted by Gasteiger charge is -2.36. The van der Waals surface area contributed by atoms with E-state index in [1.807, 2.05) is 24.3 Å². The Morgan fingerprint density at radius 3 is 2.76 bits per heavy atom. The normalized spacial score (nSPS) is 14.8. The number of anilines is 2. The van der Waals surface area contributed by atoms with Crippen LogP contribution in [-0.2, 0) is 6.54 Å². The zero-order valence-electron chi connectivity index (χ0n) is 15.7. The summed E-state index contributed by atoms with van der Waals surface area (Å²) in [6.45, 7) is 3.36. The molecular weight excluding hydrogens is 372 g/mol. The van der Waals surface area contributed by atoms with Gasteiger partial charge in [0.2, 0.25) is 0 Å². The van der Waals surface area contributed by atoms with E-state index in [-0.39, 0.29) is 18.7 Å². The van der Waals surface area contributed by atoms with Gasteiger partial charge >= 0.3 is 0 Å². The van der Waals surface area contributed by atoms with Crippen LogP contribution in [-0.4, -0.2) is 57.6 Å². The average molecular weight is 392 g/mol. The summed E-state index contributed by atoms with van der Waals surface area (Å²) in [6, 6.07) is 7.61. The number of hydrogen-bond donors (Lipinski definition) is 1. The SMILES string of the molecule is O=c1c2ccc(N3CCN(c4nncc5ccoc45)CC3)cc2ncn1CCO. The molecule has 1 aliphatic heterocycles. The van der Waals surface area contributed by atoms with Gasteiger partial charge in [0.05, 0.1) is 42.8 Å². The molecule has 29 heavy (non-hydrogen) atoms. The number of benzene rings is 1. The highest BCUT2D eigenvalue weighted by Crippen LogP contribution is 2.26. The van der Waals surface area contributed by atoms with Gasteiger partial charge in [-0.3, -0.25) is 9.36 Å². The molecule has 4 aromatic rings. The molecule has 1 aliphatic rings. The molecule has 0 unspecified atom stereocenters. The third-order valence-corrected chi connectivity index (χ3v) is 5.34. The molecule has 1 aromatic carbocycles. The largest absolute Gasteiger partial charge is 0.460 e. The van der Waals surface area contributed by atoms with Crippen molar-refractivity contribution in [3.63, 3.8) is 0 Å². The number of aliphatic hydroxyl groups is 1. The summed E-state index contributed by atoms with van der Waals surface area (Å²) in [7, 11) is 0. The fourth-order valence-corrected chi connectivity index (χ4v) is 3.79. The van der Waals surface area contributed by atoms with Gasteiger partial charge in [0, 0.05) is 37.3 Å². The smallest absolute Gasteiger partial charge is 0.261 e. The molecule has 4 heterocycles. The number of nitrogens with zero attached hydrogens (tertiary/aromatic N) is 6. The van der Waals surface area contributed by atoms with Gasteiger partial charge in [-0.25, -0.2) is 4.98 Å². The molecule has 0 atom stereocenters. The molecule has 1 N–H and O–H groups in total. The van der Waals surface area contributed by atoms with E-state index in [2.05, 4.69) is 25.0 Å². The Balaban J connectivity index is 1.36. The van der Waals surface area contributed by atoms with Crippen molar-refractivity contribution < 1.29 is 9.52 Å². The molecule has 0 amide bonds. The maximum absolute atomic E-state index is 12.5. The second-order valence-corrected chi connectivity index (χ2v) is 7.02. The maximum Gasteiger partial charge on any atom is 0.261 e. The van der Waals surface area contributed by atoms with Crippen molar-refractivity contribution >= 4 is 33.4 Å². The molecule has 5 rings (SSSR count). The summed E-state index contributed by atoms with van der Waals surface area (Å²) >= 11 is 0. The fraction of sp³-hybridized carbons (Fsp3) is 0.300. The van der Waals surface area contributed by atoms with E-state index < -0.39 is 0 Å². The minimum absolute atomic E-state index is 0.0917. The van der Waals surface area contributed by atoms with Crippen LogP contribution in [0.3, 0.4) is 0 Å². The number of aliphatic hydroxyl groups excluding tert-OH is 1. The first kappa shape index (κ1) is 17.6. The van der Waals surface area contributed by atoms with Crippen LogP contribution in [0.4, 0.5) is 11.5 Å². The highest BCUT2D eigenvalue weighted by atomic mass is 16.3. The zero-order chi connectivity index (χ0) is 19.8. The van der Waals surface area contributed by atoms with Crippen molar-refractivity contribution in [2.75, 3.05) is 42.6 Å². The summed E-state index contributed by atoms with van der Waals surface area (Å²) in [4.78, 5) is 21.3. The molecule has 3 aromatic heterocycles. The van der Waals surface area contributed by atoms with E-state index in [4.69, 9.17) is 9.52 Å². The standard InChI is InChI=1S/C20H20N6O3/c27-9-8-26-13-21-17-11-15(1-2-16(17)20(26)28)24-4-6-25(7-5-24)19-18-14(3-10-29-18)12-22-23-19/h1-3,10-13,27H,4-9H2. The van der Waals surface area contributed by atoms with Crippen LogP contribution in [0.2, 0.25) is 0 Å². The van der Waals surface area contributed by atoms with E-state index in [1.54, 1.807) is 12.5 Å². The Morgan fingerprint density at radius 1 is 1.10 bits per heavy atom. The minimum Gasteiger partial charge on any atom is -0.460 e. The highest BCUT2D eigenvalue weighted by molar-refractivity contribution is 5.86. The van der Waals surface area contributed by atoms with Gasteiger partial charge in [-0.2, -0.15) is 5.10 Å². The van der Waals surface area contributed by atoms with Gasteiger partial charge < -0.3 is 19.3 Å². The molecule has 0 aliphatic carbocycles. The lowest BCUT2D eigenvalue weighted by atomic mass is 10.2. The van der Waals surface area contributed by atoms with Crippen molar-refractivity contribution in [1.29, 1.82) is 0 Å². The molecule has 1 fully saturated rings. The highest BCUT2D eigenvalue weighted by Gasteiger charge is 2.22. The van der Waals surface area contributed by atoms with Gasteiger partial charge in [-0.1, -0.05) is 0 Å². The average Bonchev–Trinajstić information content (AvgIpc) is 3.25. The molecule has 0 bridgehead atoms. The van der Waals surface area contributed by atoms with Gasteiger partial charge in [-0.05, 0) is 24.3 Å². The Kier molecular flexibility index (Phi) is 4.36. The van der Waals surface area contributed by atoms with Crippen molar-refractivity contribution in [2.24, 2.45) is 0 Å². The summed E-state index contributed by atoms with van der Waals surface area (Å²) in [5.74, 6) is 0.775. The van der Waals surface area contributed by atoms with Crippen LogP contribution in [0, 0.1) is 0 Å². The third kappa shape index (κ3) is 3.09. The Hall–Kier alpha value is -3.46. The zero-order valence-corrected chi connectivity index (χ0v) is 15.7. The van der Waals surface area contributed by atoms with Crippen molar-refractivity contribution in [3.8, 4) is 0 Å². The van der Waals surface area contributed by atoms with Crippen LogP contribution < -0.4 is 15.4 Å². The van der Waals surface area contributed by atoms with Gasteiger partial charge in [0.25, 0.3) is 5.56 Å². The first-order valence-electron chi connectivity index (χ1n) is 9.53. The lowest BCUT2D eigenvalue weighted by molar-refractivity contribution is 0.274. The predicted octanol–water partition coefficient (Wildman–Crippen LogP) is 1.25. The Bertz CT molecular complexity index is 1230. The van der Waals surface area contributed by atoms with Crippen LogP contribution in [0.1, 0.15) is 0 Å². The number of fused-ring (bicyclic) bond motifs is 2. The molecule has 0 radical (unpaired) electrons. The van der Waals surface area contributed by atoms with E-state index in [9.17, 15) is 4.79 Å². The number of rotatable bonds is 4. The first-order valence-corrected chi connectivity index (χ1v) is 9.53. The summed E-state index contributed by atoms with van der Waals surface area (Å²) in [5.41, 5.74) is 2.33. The monoisotopic (exact) mass is 392 g/mol. The van der Waals surface area contributed by atoms with Crippen LogP contribution in [0.15, 0.2) is 52.3 Å². The van der Waals surface area contributed by atoms with Crippen molar-refractivity contribution in [2.45, 2.75) is 6.54 Å². The van der Waals surface area contributed by atoms with E-state index in [1.165, 1.54) is 10.9 Å². The molecular formula is C20H20N6O3. The summed E-state index contributed by atoms with van der Waals surface area (Å²) in [5, 5.41) is 18.9.